The molecule has 6 aromatic rings. The average Bonchev–Trinajstić information content (AvgIpc) is 4.05. The van der Waals surface area contributed by atoms with Crippen LogP contribution in [-0.4, -0.2) is 102 Å². The zero-order chi connectivity index (χ0) is 50.2. The van der Waals surface area contributed by atoms with Gasteiger partial charge in [-0.3, -0.25) is 9.59 Å². The summed E-state index contributed by atoms with van der Waals surface area (Å²) in [7, 11) is 3.14. The van der Waals surface area contributed by atoms with Crippen LogP contribution in [0.4, 0.5) is 58.1 Å². The molecule has 2 aromatic carbocycles. The molecular weight excluding hydrogens is 928 g/mol. The Morgan fingerprint density at radius 2 is 1.00 bits per heavy atom. The lowest BCUT2D eigenvalue weighted by molar-refractivity contribution is -0.135. The Bertz CT molecular complexity index is 2420. The smallest absolute Gasteiger partial charge is 0.345 e. The minimum atomic E-state index is -4.32. The number of carbonyl (C=O) groups excluding carboxylic acids is 2. The number of anilines is 4. The van der Waals surface area contributed by atoms with Crippen LogP contribution in [-0.2, 0) is 9.59 Å². The van der Waals surface area contributed by atoms with E-state index in [1.807, 2.05) is 0 Å². The lowest BCUT2D eigenvalue weighted by Crippen LogP contribution is -2.61. The SMILES string of the molecule is CCC1(C)C(=O)N(C)c2cnc(C)nc2N1CCC(F)(F)F.CCC1(C)C(=O)N(C)c2cnc(Cl)nc2N1CCC(F)(F)F.Fc1ccc(-c2ncc[nH]2)cc1.Fc1ccc(-c2ncc[nH]2)cc1. The molecule has 2 unspecified atom stereocenters. The summed E-state index contributed by atoms with van der Waals surface area (Å²) in [5.74, 6) is 1.59. The fourth-order valence-electron chi connectivity index (χ4n) is 7.24. The van der Waals surface area contributed by atoms with E-state index in [4.69, 9.17) is 11.6 Å². The number of hydrogen-bond acceptors (Lipinski definition) is 10. The number of hydrogen-bond donors (Lipinski definition) is 2. The van der Waals surface area contributed by atoms with E-state index < -0.39 is 36.3 Å². The fraction of sp³-hybridized carbons (Fsp3) is 0.378. The Morgan fingerprint density at radius 1 is 0.618 bits per heavy atom. The molecule has 8 rings (SSSR count). The van der Waals surface area contributed by atoms with Gasteiger partial charge in [-0.1, -0.05) is 13.8 Å². The number of fused-ring (bicyclic) bond motifs is 2. The van der Waals surface area contributed by atoms with Crippen molar-refractivity contribution in [2.45, 2.75) is 83.7 Å². The third-order valence-corrected chi connectivity index (χ3v) is 11.6. The molecule has 0 saturated carbocycles. The highest BCUT2D eigenvalue weighted by molar-refractivity contribution is 6.28. The first-order chi connectivity index (χ1) is 31.9. The molecule has 2 aliphatic heterocycles. The second kappa shape index (κ2) is 21.5. The van der Waals surface area contributed by atoms with E-state index in [2.05, 4.69) is 39.9 Å². The highest BCUT2D eigenvalue weighted by Crippen LogP contribution is 2.42. The number of amides is 2. The predicted molar refractivity (Wildman–Crippen MR) is 242 cm³/mol. The van der Waals surface area contributed by atoms with Gasteiger partial charge in [0.15, 0.2) is 11.6 Å². The molecule has 6 heterocycles. The van der Waals surface area contributed by atoms with Gasteiger partial charge in [0, 0.05) is 63.1 Å². The summed E-state index contributed by atoms with van der Waals surface area (Å²) in [4.78, 5) is 60.9. The number of H-pyrrole nitrogens is 2. The molecular formula is C45H49ClF8N12O2. The number of imidazole rings is 2. The van der Waals surface area contributed by atoms with Gasteiger partial charge in [0.25, 0.3) is 11.8 Å². The number of halogens is 9. The number of benzene rings is 2. The van der Waals surface area contributed by atoms with Gasteiger partial charge in [0.2, 0.25) is 5.28 Å². The van der Waals surface area contributed by atoms with Crippen LogP contribution in [0.15, 0.2) is 85.7 Å². The lowest BCUT2D eigenvalue weighted by atomic mass is 9.91. The second-order valence-corrected chi connectivity index (χ2v) is 16.2. The van der Waals surface area contributed by atoms with Gasteiger partial charge in [0.1, 0.15) is 51.6 Å². The van der Waals surface area contributed by atoms with Gasteiger partial charge >= 0.3 is 12.4 Å². The number of rotatable bonds is 8. The van der Waals surface area contributed by atoms with E-state index >= 15 is 0 Å². The predicted octanol–water partition coefficient (Wildman–Crippen LogP) is 10.2. The van der Waals surface area contributed by atoms with Crippen molar-refractivity contribution in [2.24, 2.45) is 0 Å². The highest BCUT2D eigenvalue weighted by atomic mass is 35.5. The van der Waals surface area contributed by atoms with Crippen LogP contribution in [0, 0.1) is 18.6 Å². The Kier molecular flexibility index (Phi) is 16.5. The minimum Gasteiger partial charge on any atom is -0.345 e. The number of likely N-dealkylation sites (N-methyl/N-ethyl adjacent to an activating group) is 2. The number of aromatic amines is 2. The molecule has 2 N–H and O–H groups in total. The van der Waals surface area contributed by atoms with Crippen molar-refractivity contribution in [1.29, 1.82) is 0 Å². The second-order valence-electron chi connectivity index (χ2n) is 15.9. The maximum Gasteiger partial charge on any atom is 0.390 e. The molecule has 14 nitrogen and oxygen atoms in total. The number of aryl methyl sites for hydroxylation is 1. The van der Waals surface area contributed by atoms with Crippen molar-refractivity contribution < 1.29 is 44.7 Å². The molecule has 2 atom stereocenters. The zero-order valence-corrected chi connectivity index (χ0v) is 38.8. The van der Waals surface area contributed by atoms with Crippen LogP contribution in [0.5, 0.6) is 0 Å². The largest absolute Gasteiger partial charge is 0.390 e. The number of nitrogens with one attached hydrogen (secondary N) is 2. The van der Waals surface area contributed by atoms with Crippen LogP contribution >= 0.6 is 11.6 Å². The molecule has 0 fully saturated rings. The summed E-state index contributed by atoms with van der Waals surface area (Å²) in [5, 5.41) is -0.0723. The normalized spacial score (nSPS) is 17.8. The first kappa shape index (κ1) is 52.3. The van der Waals surface area contributed by atoms with Gasteiger partial charge in [-0.2, -0.15) is 31.3 Å². The van der Waals surface area contributed by atoms with E-state index in [9.17, 15) is 44.7 Å². The maximum absolute atomic E-state index is 12.6. The highest BCUT2D eigenvalue weighted by Gasteiger charge is 2.49. The Hall–Kier alpha value is -6.71. The minimum absolute atomic E-state index is 0.0723. The summed E-state index contributed by atoms with van der Waals surface area (Å²) in [5.41, 5.74) is 0.410. The summed E-state index contributed by atoms with van der Waals surface area (Å²) in [6.07, 6.45) is -0.297. The van der Waals surface area contributed by atoms with E-state index in [-0.39, 0.29) is 47.6 Å². The Labute approximate surface area is 391 Å². The summed E-state index contributed by atoms with van der Waals surface area (Å²) in [6.45, 7) is 7.79. The third-order valence-electron chi connectivity index (χ3n) is 11.4. The van der Waals surface area contributed by atoms with E-state index in [1.165, 1.54) is 56.3 Å². The number of nitrogens with zero attached hydrogens (tertiary/aromatic N) is 10. The monoisotopic (exact) mass is 976 g/mol. The standard InChI is InChI=1S/C14H19F3N4O.C13H16ClF3N4O.2C9H7FN2/c1-5-13(3)12(22)20(4)10-8-18-9(2)19-11(10)21(13)7-6-14(15,16)17;1-4-12(2)10(22)20(3)8-7-18-11(14)19-9(8)21(12)6-5-13(15,16)17;2*10-8-3-1-7(2-4-8)9-11-5-6-12-9/h8H,5-7H2,1-4H3;7H,4-6H2,1-3H3;2*1-6H,(H,11,12). The van der Waals surface area contributed by atoms with Crippen LogP contribution in [0.1, 0.15) is 59.2 Å². The zero-order valence-electron chi connectivity index (χ0n) is 38.0. The van der Waals surface area contributed by atoms with E-state index in [0.29, 0.717) is 35.9 Å². The van der Waals surface area contributed by atoms with Gasteiger partial charge in [-0.25, -0.2) is 33.7 Å². The molecule has 23 heteroatoms. The van der Waals surface area contributed by atoms with E-state index in [1.54, 1.807) is 97.8 Å². The fourth-order valence-corrected chi connectivity index (χ4v) is 7.36. The first-order valence-electron chi connectivity index (χ1n) is 21.0. The molecule has 364 valence electrons. The molecule has 2 aliphatic rings. The molecule has 0 aliphatic carbocycles. The number of alkyl halides is 6. The maximum atomic E-state index is 12.6. The van der Waals surface area contributed by atoms with Gasteiger partial charge < -0.3 is 29.6 Å². The van der Waals surface area contributed by atoms with Crippen molar-refractivity contribution in [3.8, 4) is 22.8 Å². The molecule has 0 radical (unpaired) electrons. The van der Waals surface area contributed by atoms with Crippen molar-refractivity contribution in [1.82, 2.24) is 39.9 Å². The van der Waals surface area contributed by atoms with Crippen LogP contribution < -0.4 is 19.6 Å². The topological polar surface area (TPSA) is 156 Å². The Morgan fingerprint density at radius 3 is 1.35 bits per heavy atom. The Balaban J connectivity index is 0.000000176. The number of aromatic nitrogens is 8. The van der Waals surface area contributed by atoms with Gasteiger partial charge in [-0.05, 0) is 93.7 Å². The van der Waals surface area contributed by atoms with Crippen molar-refractivity contribution in [3.05, 3.63) is 108 Å². The van der Waals surface area contributed by atoms with Crippen molar-refractivity contribution >= 4 is 46.4 Å². The first-order valence-corrected chi connectivity index (χ1v) is 21.4. The third kappa shape index (κ3) is 12.4. The summed E-state index contributed by atoms with van der Waals surface area (Å²) in [6, 6.07) is 12.4. The van der Waals surface area contributed by atoms with Crippen LogP contribution in [0.25, 0.3) is 22.8 Å². The lowest BCUT2D eigenvalue weighted by Gasteiger charge is -2.47. The van der Waals surface area contributed by atoms with Crippen LogP contribution in [0.2, 0.25) is 5.28 Å². The van der Waals surface area contributed by atoms with E-state index in [0.717, 1.165) is 22.8 Å². The average molecular weight is 977 g/mol. The molecule has 0 spiro atoms. The molecule has 4 aromatic heterocycles. The van der Waals surface area contributed by atoms with Crippen molar-refractivity contribution in [2.75, 3.05) is 46.8 Å². The molecule has 0 saturated heterocycles. The molecule has 68 heavy (non-hydrogen) atoms. The molecule has 0 bridgehead atoms. The quantitative estimate of drug-likeness (QED) is 0.111. The number of carbonyl (C=O) groups is 2. The summed E-state index contributed by atoms with van der Waals surface area (Å²) < 4.78 is 101. The van der Waals surface area contributed by atoms with Crippen molar-refractivity contribution in [3.63, 3.8) is 0 Å². The van der Waals surface area contributed by atoms with Crippen LogP contribution in [0.3, 0.4) is 0 Å². The molecule has 2 amide bonds. The summed E-state index contributed by atoms with van der Waals surface area (Å²) >= 11 is 5.78. The van der Waals surface area contributed by atoms with Gasteiger partial charge in [-0.15, -0.1) is 0 Å². The van der Waals surface area contributed by atoms with Gasteiger partial charge in [0.05, 0.1) is 25.2 Å².